The third-order valence-corrected chi connectivity index (χ3v) is 5.08. The smallest absolute Gasteiger partial charge is 0.272 e. The van der Waals surface area contributed by atoms with Crippen LogP contribution in [0.5, 0.6) is 0 Å². The van der Waals surface area contributed by atoms with Crippen molar-refractivity contribution in [3.63, 3.8) is 0 Å². The molecule has 1 aliphatic rings. The lowest BCUT2D eigenvalue weighted by molar-refractivity contribution is 0.0718. The summed E-state index contributed by atoms with van der Waals surface area (Å²) in [5.41, 5.74) is 2.91. The second-order valence-electron chi connectivity index (χ2n) is 7.07. The van der Waals surface area contributed by atoms with E-state index < -0.39 is 0 Å². The third-order valence-electron chi connectivity index (χ3n) is 5.08. The number of aryl methyl sites for hydroxylation is 1. The second kappa shape index (κ2) is 7.78. The first-order valence-electron chi connectivity index (χ1n) is 9.64. The number of amides is 1. The van der Waals surface area contributed by atoms with Crippen LogP contribution in [-0.4, -0.2) is 45.4 Å². The number of nitrogens with zero attached hydrogens (tertiary/aromatic N) is 3. The number of aromatic amines is 1. The van der Waals surface area contributed by atoms with Crippen molar-refractivity contribution >= 4 is 22.6 Å². The highest BCUT2D eigenvalue weighted by Crippen LogP contribution is 2.18. The minimum atomic E-state index is 0.0138. The zero-order valence-corrected chi connectivity index (χ0v) is 15.7. The molecule has 1 amide bonds. The van der Waals surface area contributed by atoms with E-state index in [0.717, 1.165) is 44.4 Å². The van der Waals surface area contributed by atoms with Gasteiger partial charge in [0.05, 0.1) is 0 Å². The van der Waals surface area contributed by atoms with E-state index in [2.05, 4.69) is 44.7 Å². The number of piperidine rings is 1. The Kier molecular flexibility index (Phi) is 5.05. The normalized spacial score (nSPS) is 14.5. The molecule has 1 saturated heterocycles. The summed E-state index contributed by atoms with van der Waals surface area (Å²) < 4.78 is 0. The largest absolute Gasteiger partial charge is 0.370 e. The first-order valence-corrected chi connectivity index (χ1v) is 9.64. The maximum atomic E-state index is 12.7. The molecule has 6 nitrogen and oxygen atoms in total. The average molecular weight is 363 g/mol. The van der Waals surface area contributed by atoms with Crippen LogP contribution < -0.4 is 5.32 Å². The molecule has 140 valence electrons. The van der Waals surface area contributed by atoms with Gasteiger partial charge in [0.15, 0.2) is 0 Å². The minimum absolute atomic E-state index is 0.0138. The Hall–Kier alpha value is -2.89. The maximum Gasteiger partial charge on any atom is 0.272 e. The number of anilines is 1. The number of fused-ring (bicyclic) bond motifs is 1. The molecule has 0 radical (unpaired) electrons. The van der Waals surface area contributed by atoms with Crippen LogP contribution in [0.4, 0.5) is 5.82 Å². The van der Waals surface area contributed by atoms with Crippen LogP contribution >= 0.6 is 0 Å². The molecule has 2 N–H and O–H groups in total. The predicted octanol–water partition coefficient (Wildman–Crippen LogP) is 3.55. The Labute approximate surface area is 159 Å². The Morgan fingerprint density at radius 1 is 1.19 bits per heavy atom. The highest BCUT2D eigenvalue weighted by Gasteiger charge is 2.20. The number of hydrogen-bond donors (Lipinski definition) is 2. The van der Waals surface area contributed by atoms with Gasteiger partial charge in [-0.1, -0.05) is 18.2 Å². The molecule has 6 heteroatoms. The van der Waals surface area contributed by atoms with E-state index in [9.17, 15) is 4.79 Å². The van der Waals surface area contributed by atoms with E-state index >= 15 is 0 Å². The first-order chi connectivity index (χ1) is 13.2. The van der Waals surface area contributed by atoms with Crippen molar-refractivity contribution in [3.05, 3.63) is 53.6 Å². The summed E-state index contributed by atoms with van der Waals surface area (Å²) in [4.78, 5) is 26.7. The fourth-order valence-electron chi connectivity index (χ4n) is 3.69. The first kappa shape index (κ1) is 17.5. The highest BCUT2D eigenvalue weighted by atomic mass is 16.2. The van der Waals surface area contributed by atoms with Crippen LogP contribution in [0.2, 0.25) is 0 Å². The number of hydrogen-bond acceptors (Lipinski definition) is 4. The molecule has 1 aliphatic heterocycles. The summed E-state index contributed by atoms with van der Waals surface area (Å²) in [5, 5.41) is 4.60. The summed E-state index contributed by atoms with van der Waals surface area (Å²) in [6.45, 7) is 4.23. The number of H-pyrrole nitrogens is 1. The molecule has 4 rings (SSSR count). The van der Waals surface area contributed by atoms with Crippen molar-refractivity contribution in [2.45, 2.75) is 32.6 Å². The van der Waals surface area contributed by atoms with E-state index in [1.807, 2.05) is 17.9 Å². The summed E-state index contributed by atoms with van der Waals surface area (Å²) in [6.07, 6.45) is 6.29. The van der Waals surface area contributed by atoms with Gasteiger partial charge in [-0.2, -0.15) is 0 Å². The lowest BCUT2D eigenvalue weighted by Gasteiger charge is -2.26. The van der Waals surface area contributed by atoms with Gasteiger partial charge in [0, 0.05) is 42.8 Å². The number of carbonyl (C=O) groups is 1. The summed E-state index contributed by atoms with van der Waals surface area (Å²) in [5.74, 6) is 1.34. The van der Waals surface area contributed by atoms with Crippen molar-refractivity contribution in [2.75, 3.05) is 25.0 Å². The predicted molar refractivity (Wildman–Crippen MR) is 107 cm³/mol. The van der Waals surface area contributed by atoms with Gasteiger partial charge in [-0.3, -0.25) is 4.79 Å². The molecule has 0 unspecified atom stereocenters. The van der Waals surface area contributed by atoms with E-state index in [1.54, 1.807) is 6.07 Å². The van der Waals surface area contributed by atoms with Crippen LogP contribution in [0.1, 0.15) is 41.1 Å². The van der Waals surface area contributed by atoms with Gasteiger partial charge in [0.2, 0.25) is 0 Å². The van der Waals surface area contributed by atoms with Gasteiger partial charge in [0.1, 0.15) is 17.3 Å². The van der Waals surface area contributed by atoms with E-state index in [1.165, 1.54) is 17.4 Å². The number of likely N-dealkylation sites (tertiary alicyclic amines) is 1. The molecular weight excluding hydrogens is 338 g/mol. The van der Waals surface area contributed by atoms with E-state index in [0.29, 0.717) is 17.3 Å². The van der Waals surface area contributed by atoms with Gasteiger partial charge in [-0.05, 0) is 44.2 Å². The second-order valence-corrected chi connectivity index (χ2v) is 7.07. The van der Waals surface area contributed by atoms with Gasteiger partial charge < -0.3 is 15.2 Å². The van der Waals surface area contributed by atoms with Gasteiger partial charge in [-0.15, -0.1) is 0 Å². The molecule has 3 heterocycles. The van der Waals surface area contributed by atoms with Crippen molar-refractivity contribution in [2.24, 2.45) is 0 Å². The Morgan fingerprint density at radius 2 is 2.00 bits per heavy atom. The van der Waals surface area contributed by atoms with Gasteiger partial charge in [-0.25, -0.2) is 9.97 Å². The standard InChI is InChI=1S/C21H25N5O/c1-15-24-19(21(27)26-11-5-2-6-12-26)13-20(25-15)22-10-9-16-14-23-18-8-4-3-7-17(16)18/h3-4,7-8,13-14,23H,2,5-6,9-12H2,1H3,(H,22,24,25). The number of benzene rings is 1. The third kappa shape index (κ3) is 3.94. The van der Waals surface area contributed by atoms with Gasteiger partial charge in [0.25, 0.3) is 5.91 Å². The van der Waals surface area contributed by atoms with Crippen LogP contribution in [0.25, 0.3) is 10.9 Å². The Bertz CT molecular complexity index is 943. The van der Waals surface area contributed by atoms with Crippen molar-refractivity contribution < 1.29 is 4.79 Å². The van der Waals surface area contributed by atoms with Gasteiger partial charge >= 0.3 is 0 Å². The van der Waals surface area contributed by atoms with Crippen molar-refractivity contribution in [3.8, 4) is 0 Å². The van der Waals surface area contributed by atoms with E-state index in [4.69, 9.17) is 0 Å². The molecule has 0 spiro atoms. The number of nitrogens with one attached hydrogen (secondary N) is 2. The molecule has 1 aromatic carbocycles. The Balaban J connectivity index is 1.43. The molecule has 27 heavy (non-hydrogen) atoms. The zero-order valence-electron chi connectivity index (χ0n) is 15.7. The quantitative estimate of drug-likeness (QED) is 0.727. The Morgan fingerprint density at radius 3 is 2.85 bits per heavy atom. The topological polar surface area (TPSA) is 73.9 Å². The molecule has 0 aliphatic carbocycles. The summed E-state index contributed by atoms with van der Waals surface area (Å²) in [7, 11) is 0. The molecule has 3 aromatic rings. The number of rotatable bonds is 5. The molecule has 0 saturated carbocycles. The molecular formula is C21H25N5O. The molecule has 1 fully saturated rings. The lowest BCUT2D eigenvalue weighted by atomic mass is 10.1. The molecule has 0 bridgehead atoms. The fraction of sp³-hybridized carbons (Fsp3) is 0.381. The SMILES string of the molecule is Cc1nc(NCCc2c[nH]c3ccccc23)cc(C(=O)N2CCCCC2)n1. The maximum absolute atomic E-state index is 12.7. The number of aromatic nitrogens is 3. The lowest BCUT2D eigenvalue weighted by Crippen LogP contribution is -2.36. The van der Waals surface area contributed by atoms with Crippen LogP contribution in [0.15, 0.2) is 36.5 Å². The average Bonchev–Trinajstić information content (AvgIpc) is 3.11. The summed E-state index contributed by atoms with van der Waals surface area (Å²) in [6, 6.07) is 10.1. The molecule has 2 aromatic heterocycles. The zero-order chi connectivity index (χ0) is 18.6. The minimum Gasteiger partial charge on any atom is -0.370 e. The van der Waals surface area contributed by atoms with Crippen molar-refractivity contribution in [1.29, 1.82) is 0 Å². The fourth-order valence-corrected chi connectivity index (χ4v) is 3.69. The van der Waals surface area contributed by atoms with Crippen LogP contribution in [0, 0.1) is 6.92 Å². The molecule has 0 atom stereocenters. The van der Waals surface area contributed by atoms with Crippen LogP contribution in [0.3, 0.4) is 0 Å². The number of para-hydroxylation sites is 1. The number of carbonyl (C=O) groups excluding carboxylic acids is 1. The highest BCUT2D eigenvalue weighted by molar-refractivity contribution is 5.93. The van der Waals surface area contributed by atoms with E-state index in [-0.39, 0.29) is 5.91 Å². The summed E-state index contributed by atoms with van der Waals surface area (Å²) >= 11 is 0. The van der Waals surface area contributed by atoms with Crippen LogP contribution in [-0.2, 0) is 6.42 Å². The monoisotopic (exact) mass is 363 g/mol. The van der Waals surface area contributed by atoms with Crippen molar-refractivity contribution in [1.82, 2.24) is 19.9 Å².